The van der Waals surface area contributed by atoms with Gasteiger partial charge in [-0.2, -0.15) is 4.31 Å². The molecule has 0 bridgehead atoms. The molecular formula is C11H18N2O2S2. The lowest BCUT2D eigenvalue weighted by Gasteiger charge is -2.25. The summed E-state index contributed by atoms with van der Waals surface area (Å²) >= 11 is 1.50. The van der Waals surface area contributed by atoms with Crippen molar-refractivity contribution in [3.8, 4) is 0 Å². The van der Waals surface area contributed by atoms with Crippen LogP contribution in [-0.2, 0) is 16.6 Å². The Balaban J connectivity index is 2.27. The Morgan fingerprint density at radius 2 is 2.06 bits per heavy atom. The summed E-state index contributed by atoms with van der Waals surface area (Å²) in [4.78, 5) is 1.39. The van der Waals surface area contributed by atoms with E-state index in [0.717, 1.165) is 24.1 Å². The third-order valence-corrected chi connectivity index (χ3v) is 6.01. The standard InChI is InChI=1S/C11H18N2O2S2/c1-12-9-10-11(5-8-16-10)17(14,15)13-6-3-2-4-7-13/h5,8,12H,2-4,6-7,9H2,1H3. The van der Waals surface area contributed by atoms with Crippen molar-refractivity contribution < 1.29 is 8.42 Å². The molecule has 0 spiro atoms. The van der Waals surface area contributed by atoms with E-state index >= 15 is 0 Å². The zero-order chi connectivity index (χ0) is 12.3. The number of rotatable bonds is 4. The van der Waals surface area contributed by atoms with Gasteiger partial charge in [-0.05, 0) is 31.3 Å². The Morgan fingerprint density at radius 1 is 1.35 bits per heavy atom. The molecule has 2 rings (SSSR count). The molecule has 1 aliphatic rings. The highest BCUT2D eigenvalue weighted by atomic mass is 32.2. The van der Waals surface area contributed by atoms with Gasteiger partial charge >= 0.3 is 0 Å². The maximum absolute atomic E-state index is 12.4. The van der Waals surface area contributed by atoms with Crippen LogP contribution in [0.1, 0.15) is 24.1 Å². The summed E-state index contributed by atoms with van der Waals surface area (Å²) in [5.41, 5.74) is 0. The topological polar surface area (TPSA) is 49.4 Å². The van der Waals surface area contributed by atoms with Crippen molar-refractivity contribution in [2.75, 3.05) is 20.1 Å². The number of nitrogens with one attached hydrogen (secondary N) is 1. The van der Waals surface area contributed by atoms with E-state index in [4.69, 9.17) is 0 Å². The monoisotopic (exact) mass is 274 g/mol. The van der Waals surface area contributed by atoms with Gasteiger partial charge in [0.25, 0.3) is 0 Å². The van der Waals surface area contributed by atoms with Crippen LogP contribution in [0.5, 0.6) is 0 Å². The third-order valence-electron chi connectivity index (χ3n) is 2.97. The molecule has 17 heavy (non-hydrogen) atoms. The van der Waals surface area contributed by atoms with Gasteiger partial charge in [-0.25, -0.2) is 8.42 Å². The molecule has 1 aliphatic heterocycles. The molecular weight excluding hydrogens is 256 g/mol. The number of hydrogen-bond donors (Lipinski definition) is 1. The largest absolute Gasteiger partial charge is 0.315 e. The summed E-state index contributed by atoms with van der Waals surface area (Å²) in [5, 5.41) is 4.86. The maximum atomic E-state index is 12.4. The van der Waals surface area contributed by atoms with Crippen molar-refractivity contribution in [2.45, 2.75) is 30.7 Å². The zero-order valence-electron chi connectivity index (χ0n) is 9.98. The van der Waals surface area contributed by atoms with Crippen molar-refractivity contribution >= 4 is 21.4 Å². The Labute approximate surface area is 107 Å². The van der Waals surface area contributed by atoms with Crippen LogP contribution >= 0.6 is 11.3 Å². The van der Waals surface area contributed by atoms with Gasteiger partial charge in [0.2, 0.25) is 10.0 Å². The lowest BCUT2D eigenvalue weighted by atomic mass is 10.2. The summed E-state index contributed by atoms with van der Waals surface area (Å²) in [6, 6.07) is 1.72. The number of hydrogen-bond acceptors (Lipinski definition) is 4. The molecule has 0 aliphatic carbocycles. The van der Waals surface area contributed by atoms with Gasteiger partial charge in [-0.1, -0.05) is 6.42 Å². The molecule has 0 atom stereocenters. The second-order valence-corrected chi connectivity index (χ2v) is 7.11. The first-order valence-electron chi connectivity index (χ1n) is 5.87. The van der Waals surface area contributed by atoms with Crippen LogP contribution in [0.4, 0.5) is 0 Å². The minimum Gasteiger partial charge on any atom is -0.315 e. The van der Waals surface area contributed by atoms with Crippen molar-refractivity contribution in [3.63, 3.8) is 0 Å². The molecule has 6 heteroatoms. The molecule has 0 aromatic carbocycles. The minimum absolute atomic E-state index is 0.485. The van der Waals surface area contributed by atoms with E-state index in [1.807, 2.05) is 12.4 Å². The molecule has 0 radical (unpaired) electrons. The SMILES string of the molecule is CNCc1sccc1S(=O)(=O)N1CCCCC1. The van der Waals surface area contributed by atoms with Gasteiger partial charge in [-0.3, -0.25) is 0 Å². The van der Waals surface area contributed by atoms with Gasteiger partial charge in [0.1, 0.15) is 0 Å². The van der Waals surface area contributed by atoms with Crippen LogP contribution in [0, 0.1) is 0 Å². The normalized spacial score (nSPS) is 18.4. The van der Waals surface area contributed by atoms with Crippen molar-refractivity contribution in [1.82, 2.24) is 9.62 Å². The zero-order valence-corrected chi connectivity index (χ0v) is 11.6. The third kappa shape index (κ3) is 2.70. The Morgan fingerprint density at radius 3 is 2.71 bits per heavy atom. The Kier molecular flexibility index (Phi) is 4.19. The van der Waals surface area contributed by atoms with E-state index in [0.29, 0.717) is 24.5 Å². The number of thiophene rings is 1. The van der Waals surface area contributed by atoms with Gasteiger partial charge in [0, 0.05) is 24.5 Å². The highest BCUT2D eigenvalue weighted by molar-refractivity contribution is 7.89. The van der Waals surface area contributed by atoms with Crippen LogP contribution in [0.25, 0.3) is 0 Å². The van der Waals surface area contributed by atoms with Crippen molar-refractivity contribution in [1.29, 1.82) is 0 Å². The van der Waals surface area contributed by atoms with E-state index in [-0.39, 0.29) is 0 Å². The summed E-state index contributed by atoms with van der Waals surface area (Å²) in [6.45, 7) is 1.94. The number of piperidine rings is 1. The van der Waals surface area contributed by atoms with E-state index in [2.05, 4.69) is 5.32 Å². The predicted octanol–water partition coefficient (Wildman–Crippen LogP) is 1.64. The summed E-state index contributed by atoms with van der Waals surface area (Å²) < 4.78 is 26.5. The predicted molar refractivity (Wildman–Crippen MR) is 69.7 cm³/mol. The van der Waals surface area contributed by atoms with Crippen LogP contribution in [0.15, 0.2) is 16.3 Å². The van der Waals surface area contributed by atoms with Crippen LogP contribution in [0.3, 0.4) is 0 Å². The average molecular weight is 274 g/mol. The number of sulfonamides is 1. The van der Waals surface area contributed by atoms with Gasteiger partial charge in [0.05, 0.1) is 4.90 Å². The van der Waals surface area contributed by atoms with Crippen LogP contribution in [0.2, 0.25) is 0 Å². The van der Waals surface area contributed by atoms with Crippen LogP contribution in [-0.4, -0.2) is 32.9 Å². The highest BCUT2D eigenvalue weighted by Crippen LogP contribution is 2.27. The molecule has 1 saturated heterocycles. The molecule has 1 aromatic rings. The first-order chi connectivity index (χ1) is 8.16. The first-order valence-corrected chi connectivity index (χ1v) is 8.19. The molecule has 1 aromatic heterocycles. The number of nitrogens with zero attached hydrogens (tertiary/aromatic N) is 1. The lowest BCUT2D eigenvalue weighted by molar-refractivity contribution is 0.346. The molecule has 0 unspecified atom stereocenters. The van der Waals surface area contributed by atoms with E-state index < -0.39 is 10.0 Å². The van der Waals surface area contributed by atoms with E-state index in [1.54, 1.807) is 10.4 Å². The van der Waals surface area contributed by atoms with E-state index in [1.165, 1.54) is 11.3 Å². The smallest absolute Gasteiger partial charge is 0.244 e. The minimum atomic E-state index is -3.27. The van der Waals surface area contributed by atoms with Crippen LogP contribution < -0.4 is 5.32 Å². The first kappa shape index (κ1) is 13.0. The Hall–Kier alpha value is -0.430. The average Bonchev–Trinajstić information content (AvgIpc) is 2.80. The summed E-state index contributed by atoms with van der Waals surface area (Å²) in [7, 11) is -1.44. The highest BCUT2D eigenvalue weighted by Gasteiger charge is 2.28. The molecule has 0 saturated carbocycles. The fourth-order valence-electron chi connectivity index (χ4n) is 2.09. The molecule has 96 valence electrons. The fourth-order valence-corrected chi connectivity index (χ4v) is 5.04. The lowest BCUT2D eigenvalue weighted by Crippen LogP contribution is -2.35. The van der Waals surface area contributed by atoms with E-state index in [9.17, 15) is 8.42 Å². The molecule has 2 heterocycles. The molecule has 0 amide bonds. The maximum Gasteiger partial charge on any atom is 0.244 e. The van der Waals surface area contributed by atoms with Crippen molar-refractivity contribution in [2.24, 2.45) is 0 Å². The quantitative estimate of drug-likeness (QED) is 0.908. The molecule has 1 N–H and O–H groups in total. The summed E-state index contributed by atoms with van der Waals surface area (Å²) in [5.74, 6) is 0. The summed E-state index contributed by atoms with van der Waals surface area (Å²) in [6.07, 6.45) is 3.09. The second-order valence-electron chi connectivity index (χ2n) is 4.20. The van der Waals surface area contributed by atoms with Gasteiger partial charge in [0.15, 0.2) is 0 Å². The van der Waals surface area contributed by atoms with Crippen molar-refractivity contribution in [3.05, 3.63) is 16.3 Å². The Bertz CT molecular complexity index is 462. The fraction of sp³-hybridized carbons (Fsp3) is 0.636. The van der Waals surface area contributed by atoms with Gasteiger partial charge in [-0.15, -0.1) is 11.3 Å². The van der Waals surface area contributed by atoms with Gasteiger partial charge < -0.3 is 5.32 Å². The molecule has 1 fully saturated rings. The molecule has 4 nitrogen and oxygen atoms in total. The second kappa shape index (κ2) is 5.48.